The van der Waals surface area contributed by atoms with Gasteiger partial charge in [0.2, 0.25) is 4.62 Å². The number of nitrogens with one attached hydrogen (secondary N) is 1. The highest BCUT2D eigenvalue weighted by Gasteiger charge is 2.07. The molecule has 0 aromatic heterocycles. The second-order valence-electron chi connectivity index (χ2n) is 3.10. The van der Waals surface area contributed by atoms with E-state index in [1.807, 2.05) is 31.2 Å². The third-order valence-corrected chi connectivity index (χ3v) is 2.28. The molecule has 86 valence electrons. The summed E-state index contributed by atoms with van der Waals surface area (Å²) in [4.78, 5) is 11.2. The first kappa shape index (κ1) is 12.7. The lowest BCUT2D eigenvalue weighted by Gasteiger charge is -2.02. The third-order valence-electron chi connectivity index (χ3n) is 1.78. The van der Waals surface area contributed by atoms with Gasteiger partial charge < -0.3 is 4.74 Å². The van der Waals surface area contributed by atoms with E-state index in [2.05, 4.69) is 26.5 Å². The van der Waals surface area contributed by atoms with Crippen LogP contribution in [0.3, 0.4) is 0 Å². The van der Waals surface area contributed by atoms with E-state index in [0.717, 1.165) is 5.69 Å². The van der Waals surface area contributed by atoms with Gasteiger partial charge in [-0.15, -0.1) is 0 Å². The van der Waals surface area contributed by atoms with Crippen LogP contribution in [0.2, 0.25) is 0 Å². The van der Waals surface area contributed by atoms with Crippen molar-refractivity contribution < 1.29 is 9.53 Å². The Bertz CT molecular complexity index is 387. The van der Waals surface area contributed by atoms with Crippen LogP contribution in [0.4, 0.5) is 5.69 Å². The van der Waals surface area contributed by atoms with Gasteiger partial charge in [-0.3, -0.25) is 5.43 Å². The van der Waals surface area contributed by atoms with Crippen molar-refractivity contribution in [3.8, 4) is 0 Å². The van der Waals surface area contributed by atoms with Gasteiger partial charge in [0.25, 0.3) is 0 Å². The van der Waals surface area contributed by atoms with E-state index in [4.69, 9.17) is 4.74 Å². The van der Waals surface area contributed by atoms with Crippen LogP contribution in [0.25, 0.3) is 0 Å². The van der Waals surface area contributed by atoms with Crippen LogP contribution in [0.15, 0.2) is 29.4 Å². The van der Waals surface area contributed by atoms with E-state index in [-0.39, 0.29) is 4.62 Å². The topological polar surface area (TPSA) is 50.7 Å². The molecule has 0 radical (unpaired) electrons. The molecule has 0 aliphatic heterocycles. The Morgan fingerprint density at radius 3 is 2.62 bits per heavy atom. The molecule has 0 heterocycles. The Balaban J connectivity index is 2.58. The lowest BCUT2D eigenvalue weighted by Crippen LogP contribution is -2.12. The van der Waals surface area contributed by atoms with Crippen molar-refractivity contribution in [1.82, 2.24) is 0 Å². The summed E-state index contributed by atoms with van der Waals surface area (Å²) in [5.74, 6) is -0.484. The Kier molecular flexibility index (Phi) is 4.98. The summed E-state index contributed by atoms with van der Waals surface area (Å²) in [7, 11) is 0. The maximum atomic E-state index is 11.2. The largest absolute Gasteiger partial charge is 0.461 e. The predicted molar refractivity (Wildman–Crippen MR) is 67.8 cm³/mol. The molecule has 0 amide bonds. The zero-order valence-electron chi connectivity index (χ0n) is 9.16. The van der Waals surface area contributed by atoms with E-state index in [9.17, 15) is 4.79 Å². The number of benzene rings is 1. The van der Waals surface area contributed by atoms with E-state index < -0.39 is 5.97 Å². The number of ether oxygens (including phenoxy) is 1. The molecule has 0 aliphatic carbocycles. The van der Waals surface area contributed by atoms with Gasteiger partial charge >= 0.3 is 5.97 Å². The van der Waals surface area contributed by atoms with Crippen LogP contribution in [0.5, 0.6) is 0 Å². The Morgan fingerprint density at radius 2 is 2.06 bits per heavy atom. The van der Waals surface area contributed by atoms with Crippen molar-refractivity contribution in [2.75, 3.05) is 12.0 Å². The first-order chi connectivity index (χ1) is 7.63. The minimum atomic E-state index is -0.484. The first-order valence-electron chi connectivity index (χ1n) is 4.86. The monoisotopic (exact) mass is 284 g/mol. The SMILES string of the molecule is CCOC(=O)C(Br)=NNc1ccc(C)cc1. The normalized spacial score (nSPS) is 11.1. The van der Waals surface area contributed by atoms with Gasteiger partial charge in [0.15, 0.2) is 0 Å². The number of hydrogen-bond donors (Lipinski definition) is 1. The molecule has 0 saturated carbocycles. The summed E-state index contributed by atoms with van der Waals surface area (Å²) in [6.07, 6.45) is 0. The second-order valence-corrected chi connectivity index (χ2v) is 3.85. The highest BCUT2D eigenvalue weighted by atomic mass is 79.9. The number of halogens is 1. The number of hydrazone groups is 1. The minimum absolute atomic E-state index is 0.120. The molecule has 1 rings (SSSR count). The molecular weight excluding hydrogens is 272 g/mol. The molecule has 0 atom stereocenters. The average molecular weight is 285 g/mol. The second kappa shape index (κ2) is 6.27. The van der Waals surface area contributed by atoms with Crippen LogP contribution in [0, 0.1) is 6.92 Å². The van der Waals surface area contributed by atoms with Gasteiger partial charge in [-0.05, 0) is 41.9 Å². The molecule has 5 heteroatoms. The fourth-order valence-corrected chi connectivity index (χ4v) is 1.18. The summed E-state index contributed by atoms with van der Waals surface area (Å²) >= 11 is 3.03. The molecule has 1 aromatic rings. The van der Waals surface area contributed by atoms with Crippen molar-refractivity contribution in [2.24, 2.45) is 5.10 Å². The molecular formula is C11H13BrN2O2. The van der Waals surface area contributed by atoms with Gasteiger partial charge in [-0.1, -0.05) is 17.7 Å². The third kappa shape index (κ3) is 4.02. The molecule has 0 unspecified atom stereocenters. The number of nitrogens with zero attached hydrogens (tertiary/aromatic N) is 1. The number of anilines is 1. The zero-order valence-corrected chi connectivity index (χ0v) is 10.7. The van der Waals surface area contributed by atoms with E-state index in [0.29, 0.717) is 6.61 Å². The zero-order chi connectivity index (χ0) is 12.0. The van der Waals surface area contributed by atoms with Crippen LogP contribution in [-0.4, -0.2) is 17.2 Å². The highest BCUT2D eigenvalue weighted by molar-refractivity contribution is 9.19. The quantitative estimate of drug-likeness (QED) is 0.525. The van der Waals surface area contributed by atoms with Crippen LogP contribution in [-0.2, 0) is 9.53 Å². The number of hydrogen-bond acceptors (Lipinski definition) is 4. The van der Waals surface area contributed by atoms with Crippen molar-refractivity contribution in [1.29, 1.82) is 0 Å². The number of carbonyl (C=O) groups is 1. The van der Waals surface area contributed by atoms with Crippen LogP contribution < -0.4 is 5.43 Å². The molecule has 1 aromatic carbocycles. The van der Waals surface area contributed by atoms with Crippen molar-refractivity contribution in [3.63, 3.8) is 0 Å². The van der Waals surface area contributed by atoms with E-state index in [1.165, 1.54) is 5.56 Å². The van der Waals surface area contributed by atoms with E-state index >= 15 is 0 Å². The standard InChI is InChI=1S/C11H13BrN2O2/c1-3-16-11(15)10(12)14-13-9-6-4-8(2)5-7-9/h4-7,13H,3H2,1-2H3. The van der Waals surface area contributed by atoms with Gasteiger partial charge in [0, 0.05) is 0 Å². The lowest BCUT2D eigenvalue weighted by molar-refractivity contribution is -0.134. The number of carbonyl (C=O) groups excluding carboxylic acids is 1. The Hall–Kier alpha value is -1.36. The highest BCUT2D eigenvalue weighted by Crippen LogP contribution is 2.08. The van der Waals surface area contributed by atoms with Crippen molar-refractivity contribution in [2.45, 2.75) is 13.8 Å². The number of esters is 1. The summed E-state index contributed by atoms with van der Waals surface area (Å²) in [6, 6.07) is 7.67. The van der Waals surface area contributed by atoms with Crippen molar-refractivity contribution >= 4 is 32.2 Å². The Morgan fingerprint density at radius 1 is 1.44 bits per heavy atom. The lowest BCUT2D eigenvalue weighted by atomic mass is 10.2. The van der Waals surface area contributed by atoms with Gasteiger partial charge in [-0.2, -0.15) is 5.10 Å². The fourth-order valence-electron chi connectivity index (χ4n) is 0.978. The number of aryl methyl sites for hydroxylation is 1. The van der Waals surface area contributed by atoms with Crippen molar-refractivity contribution in [3.05, 3.63) is 29.8 Å². The molecule has 0 bridgehead atoms. The molecule has 0 saturated heterocycles. The summed E-state index contributed by atoms with van der Waals surface area (Å²) < 4.78 is 4.87. The number of rotatable bonds is 4. The maximum Gasteiger partial charge on any atom is 0.366 e. The Labute approximate surface area is 103 Å². The van der Waals surface area contributed by atoms with Gasteiger partial charge in [-0.25, -0.2) is 4.79 Å². The molecule has 0 spiro atoms. The fraction of sp³-hybridized carbons (Fsp3) is 0.273. The molecule has 0 fully saturated rings. The predicted octanol–water partition coefficient (Wildman–Crippen LogP) is 2.68. The molecule has 16 heavy (non-hydrogen) atoms. The van der Waals surface area contributed by atoms with Crippen LogP contribution in [0.1, 0.15) is 12.5 Å². The minimum Gasteiger partial charge on any atom is -0.461 e. The van der Waals surface area contributed by atoms with Gasteiger partial charge in [0.1, 0.15) is 0 Å². The maximum absolute atomic E-state index is 11.2. The van der Waals surface area contributed by atoms with Crippen LogP contribution >= 0.6 is 15.9 Å². The van der Waals surface area contributed by atoms with Gasteiger partial charge in [0.05, 0.1) is 12.3 Å². The summed E-state index contributed by atoms with van der Waals surface area (Å²) in [5.41, 5.74) is 4.73. The molecule has 1 N–H and O–H groups in total. The summed E-state index contributed by atoms with van der Waals surface area (Å²) in [5, 5.41) is 3.85. The average Bonchev–Trinajstić information content (AvgIpc) is 2.28. The molecule has 4 nitrogen and oxygen atoms in total. The molecule has 0 aliphatic rings. The van der Waals surface area contributed by atoms with E-state index in [1.54, 1.807) is 6.92 Å². The summed E-state index contributed by atoms with van der Waals surface area (Å²) in [6.45, 7) is 4.07. The first-order valence-corrected chi connectivity index (χ1v) is 5.65. The smallest absolute Gasteiger partial charge is 0.366 e.